The van der Waals surface area contributed by atoms with Gasteiger partial charge < -0.3 is 20.4 Å². The molecule has 2 N–H and O–H groups in total. The van der Waals surface area contributed by atoms with E-state index < -0.39 is 19.2 Å². The van der Waals surface area contributed by atoms with Crippen molar-refractivity contribution in [2.45, 2.75) is 31.2 Å². The monoisotopic (exact) mass is 722 g/mol. The van der Waals surface area contributed by atoms with Gasteiger partial charge in [0.25, 0.3) is 5.91 Å². The fourth-order valence-electron chi connectivity index (χ4n) is 6.47. The molecule has 0 bridgehead atoms. The molecule has 262 valence electrons. The molecule has 11 heteroatoms. The third kappa shape index (κ3) is 9.40. The van der Waals surface area contributed by atoms with E-state index in [-0.39, 0.29) is 42.9 Å². The van der Waals surface area contributed by atoms with E-state index in [0.29, 0.717) is 44.4 Å². The van der Waals surface area contributed by atoms with Crippen LogP contribution in [0.1, 0.15) is 35.2 Å². The second-order valence-corrected chi connectivity index (χ2v) is 16.2. The molecule has 1 saturated heterocycles. The number of piperazine rings is 1. The zero-order valence-corrected chi connectivity index (χ0v) is 30.1. The van der Waals surface area contributed by atoms with Crippen molar-refractivity contribution in [2.24, 2.45) is 0 Å². The maximum atomic E-state index is 14.0. The number of hydrogen-bond acceptors (Lipinski definition) is 5. The van der Waals surface area contributed by atoms with Crippen molar-refractivity contribution in [1.29, 1.82) is 5.26 Å². The summed E-state index contributed by atoms with van der Waals surface area (Å²) < 4.78 is 0. The summed E-state index contributed by atoms with van der Waals surface area (Å²) >= 11 is 6.02. The van der Waals surface area contributed by atoms with E-state index >= 15 is 0 Å². The smallest absolute Gasteiger partial charge is 0.251 e. The molecule has 4 amide bonds. The Morgan fingerprint density at radius 3 is 1.78 bits per heavy atom. The molecule has 1 fully saturated rings. The Labute approximate surface area is 304 Å². The fraction of sp³-hybridized carbons (Fsp3) is 0.275. The summed E-state index contributed by atoms with van der Waals surface area (Å²) in [6.07, 6.45) is 0.572. The Balaban J connectivity index is 1.33. The number of nitrogens with one attached hydrogen (secondary N) is 2. The minimum absolute atomic E-state index is 0.0290. The molecular weight excluding hydrogens is 681 g/mol. The van der Waals surface area contributed by atoms with E-state index in [9.17, 15) is 19.2 Å². The van der Waals surface area contributed by atoms with Gasteiger partial charge in [0, 0.05) is 44.0 Å². The van der Waals surface area contributed by atoms with Crippen molar-refractivity contribution in [3.63, 3.8) is 0 Å². The van der Waals surface area contributed by atoms with Gasteiger partial charge in [0.2, 0.25) is 17.7 Å². The van der Waals surface area contributed by atoms with Gasteiger partial charge in [0.15, 0.2) is 0 Å². The Morgan fingerprint density at radius 1 is 0.745 bits per heavy atom. The Hall–Kier alpha value is -5.03. The molecule has 9 nitrogen and oxygen atoms in total. The van der Waals surface area contributed by atoms with Crippen LogP contribution < -0.4 is 26.5 Å². The minimum Gasteiger partial charge on any atom is -0.351 e. The van der Waals surface area contributed by atoms with Crippen LogP contribution in [0, 0.1) is 11.3 Å². The van der Waals surface area contributed by atoms with E-state index in [4.69, 9.17) is 16.9 Å². The first kappa shape index (κ1) is 37.2. The lowest BCUT2D eigenvalue weighted by Gasteiger charge is -2.34. The van der Waals surface area contributed by atoms with Crippen molar-refractivity contribution in [3.05, 3.63) is 126 Å². The fourth-order valence-corrected chi connectivity index (χ4v) is 10.8. The molecule has 0 unspecified atom stereocenters. The van der Waals surface area contributed by atoms with Gasteiger partial charge in [-0.05, 0) is 60.5 Å². The molecule has 0 aromatic heterocycles. The Morgan fingerprint density at radius 2 is 1.27 bits per heavy atom. The van der Waals surface area contributed by atoms with E-state index in [0.717, 1.165) is 5.56 Å². The largest absolute Gasteiger partial charge is 0.351 e. The summed E-state index contributed by atoms with van der Waals surface area (Å²) in [5.41, 5.74) is 1.15. The number of alkyl halides is 1. The van der Waals surface area contributed by atoms with Gasteiger partial charge in [-0.3, -0.25) is 19.2 Å². The van der Waals surface area contributed by atoms with Crippen LogP contribution in [0.25, 0.3) is 0 Å². The van der Waals surface area contributed by atoms with Gasteiger partial charge in [-0.2, -0.15) is 5.26 Å². The lowest BCUT2D eigenvalue weighted by atomic mass is 10.1. The van der Waals surface area contributed by atoms with Gasteiger partial charge in [-0.25, -0.2) is 0 Å². The zero-order chi connectivity index (χ0) is 36.1. The summed E-state index contributed by atoms with van der Waals surface area (Å²) in [5, 5.41) is 18.4. The average molecular weight is 723 g/mol. The molecule has 1 aliphatic heterocycles. The van der Waals surface area contributed by atoms with E-state index in [2.05, 4.69) is 47.0 Å². The highest BCUT2D eigenvalue weighted by Gasteiger charge is 2.45. The number of carbonyl (C=O) groups excluding carboxylic acids is 4. The van der Waals surface area contributed by atoms with Crippen molar-refractivity contribution >= 4 is 58.4 Å². The maximum Gasteiger partial charge on any atom is 0.251 e. The molecule has 1 aliphatic rings. The summed E-state index contributed by atoms with van der Waals surface area (Å²) in [5.74, 6) is -0.978. The average Bonchev–Trinajstić information content (AvgIpc) is 3.19. The van der Waals surface area contributed by atoms with E-state index in [1.54, 1.807) is 28.0 Å². The number of amides is 4. The van der Waals surface area contributed by atoms with Crippen LogP contribution in [0.3, 0.4) is 0 Å². The second-order valence-electron chi connectivity index (χ2n) is 12.3. The van der Waals surface area contributed by atoms with E-state index in [1.165, 1.54) is 15.9 Å². The molecule has 4 aromatic carbocycles. The molecule has 5 rings (SSSR count). The van der Waals surface area contributed by atoms with E-state index in [1.807, 2.05) is 66.7 Å². The molecule has 0 radical (unpaired) electrons. The van der Waals surface area contributed by atoms with Crippen LogP contribution in [-0.4, -0.2) is 78.4 Å². The van der Waals surface area contributed by atoms with Crippen LogP contribution >= 0.6 is 18.9 Å². The highest BCUT2D eigenvalue weighted by atomic mass is 35.5. The third-order valence-electron chi connectivity index (χ3n) is 9.16. The van der Waals surface area contributed by atoms with Crippen molar-refractivity contribution in [3.8, 4) is 6.07 Å². The topological polar surface area (TPSA) is 123 Å². The number of carbonyl (C=O) groups is 4. The SMILES string of the molecule is N#CCC(=O)N1CCN(C(=O)CC[C@H](NC(=O)c2cccc(CCl)c2)C(=O)NCC[P+](c2ccccc2)(c2ccccc2)c2ccccc2)CC1. The predicted octanol–water partition coefficient (Wildman–Crippen LogP) is 4.00. The minimum atomic E-state index is -2.21. The molecule has 1 heterocycles. The lowest BCUT2D eigenvalue weighted by molar-refractivity contribution is -0.139. The predicted molar refractivity (Wildman–Crippen MR) is 203 cm³/mol. The van der Waals surface area contributed by atoms with Gasteiger partial charge >= 0.3 is 0 Å². The van der Waals surface area contributed by atoms with Crippen molar-refractivity contribution in [2.75, 3.05) is 38.9 Å². The number of halogens is 1. The number of nitrogens with zero attached hydrogens (tertiary/aromatic N) is 3. The normalized spacial score (nSPS) is 13.5. The summed E-state index contributed by atoms with van der Waals surface area (Å²) in [7, 11) is -2.21. The van der Waals surface area contributed by atoms with Gasteiger partial charge in [0.1, 0.15) is 35.6 Å². The first-order valence-electron chi connectivity index (χ1n) is 17.1. The summed E-state index contributed by atoms with van der Waals surface area (Å²) in [6, 6.07) is 39.0. The molecule has 0 spiro atoms. The number of hydrogen-bond donors (Lipinski definition) is 2. The number of nitriles is 1. The molecule has 0 aliphatic carbocycles. The standard InChI is InChI=1S/C40H41ClN5O4P/c41-30-31-11-10-12-32(29-31)39(49)44-36(19-20-37(47)45-24-26-46(27-25-45)38(48)21-22-42)40(50)43-23-28-51(33-13-4-1-5-14-33,34-15-6-2-7-16-34)35-17-8-3-9-18-35/h1-18,29,36H,19-21,23-28,30H2,(H-,43,44,49,50)/p+1/t36-/m0/s1. The Bertz CT molecular complexity index is 1730. The van der Waals surface area contributed by atoms with Gasteiger partial charge in [-0.1, -0.05) is 66.7 Å². The highest BCUT2D eigenvalue weighted by Crippen LogP contribution is 2.54. The van der Waals surface area contributed by atoms with Crippen LogP contribution in [0.2, 0.25) is 0 Å². The van der Waals surface area contributed by atoms with Crippen LogP contribution in [0.4, 0.5) is 0 Å². The first-order chi connectivity index (χ1) is 24.8. The summed E-state index contributed by atoms with van der Waals surface area (Å²) in [6.45, 7) is 1.72. The van der Waals surface area contributed by atoms with Crippen molar-refractivity contribution < 1.29 is 19.2 Å². The molecule has 51 heavy (non-hydrogen) atoms. The van der Waals surface area contributed by atoms with Gasteiger partial charge in [0.05, 0.1) is 18.8 Å². The number of benzene rings is 4. The molecule has 1 atom stereocenters. The van der Waals surface area contributed by atoms with Crippen LogP contribution in [-0.2, 0) is 20.3 Å². The Kier molecular flexibility index (Phi) is 13.3. The molecule has 0 saturated carbocycles. The van der Waals surface area contributed by atoms with Gasteiger partial charge in [-0.15, -0.1) is 11.6 Å². The highest BCUT2D eigenvalue weighted by molar-refractivity contribution is 7.95. The second kappa shape index (κ2) is 18.3. The molecular formula is C40H42ClN5O4P+. The van der Waals surface area contributed by atoms with Crippen LogP contribution in [0.5, 0.6) is 0 Å². The molecule has 4 aromatic rings. The van der Waals surface area contributed by atoms with Crippen molar-refractivity contribution in [1.82, 2.24) is 20.4 Å². The maximum absolute atomic E-state index is 14.0. The zero-order valence-electron chi connectivity index (χ0n) is 28.4. The van der Waals surface area contributed by atoms with Crippen LogP contribution in [0.15, 0.2) is 115 Å². The third-order valence-corrected chi connectivity index (χ3v) is 13.9. The quantitative estimate of drug-likeness (QED) is 0.151. The summed E-state index contributed by atoms with van der Waals surface area (Å²) in [4.78, 5) is 56.1. The number of rotatable bonds is 14. The first-order valence-corrected chi connectivity index (χ1v) is 19.6. The lowest BCUT2D eigenvalue weighted by Crippen LogP contribution is -2.51.